The molecule has 0 spiro atoms. The zero-order chi connectivity index (χ0) is 28.3. The van der Waals surface area contributed by atoms with Gasteiger partial charge in [-0.05, 0) is 59.2 Å². The lowest BCUT2D eigenvalue weighted by Gasteiger charge is -2.45. The van der Waals surface area contributed by atoms with Gasteiger partial charge in [-0.25, -0.2) is 4.83 Å². The molecular weight excluding hydrogens is 508 g/mol. The maximum atomic E-state index is 13.5. The van der Waals surface area contributed by atoms with Crippen molar-refractivity contribution in [3.63, 3.8) is 0 Å². The zero-order valence-corrected chi connectivity index (χ0v) is 23.4. The Labute approximate surface area is 224 Å². The maximum absolute atomic E-state index is 13.5. The Morgan fingerprint density at radius 1 is 0.974 bits per heavy atom. The fourth-order valence-electron chi connectivity index (χ4n) is 4.73. The molecule has 2 N–H and O–H groups in total. The average molecular weight is 545 g/mol. The standard InChI is InChI=1S/C28H36N2O7S/c1-17(2)36-26(31)24-22(29-30-38(34,35)21-14-12-19(5)13-15-21)16-28(6,33)25(27(32)37-18(3)4)23(24)20-10-8-7-9-11-20/h7-15,17-18,23-25,30,33H,16H2,1-6H3/b29-22-/t23-,24-,25-,28-/m0/s1. The van der Waals surface area contributed by atoms with E-state index in [-0.39, 0.29) is 17.0 Å². The summed E-state index contributed by atoms with van der Waals surface area (Å²) in [6.45, 7) is 10.1. The van der Waals surface area contributed by atoms with E-state index in [2.05, 4.69) is 9.93 Å². The van der Waals surface area contributed by atoms with Gasteiger partial charge in [0.25, 0.3) is 10.0 Å². The van der Waals surface area contributed by atoms with Gasteiger partial charge < -0.3 is 14.6 Å². The third-order valence-electron chi connectivity index (χ3n) is 6.32. The molecule has 3 rings (SSSR count). The molecule has 1 aliphatic carbocycles. The van der Waals surface area contributed by atoms with Gasteiger partial charge in [0.05, 0.1) is 34.3 Å². The molecule has 0 saturated heterocycles. The summed E-state index contributed by atoms with van der Waals surface area (Å²) in [5.41, 5.74) is -0.188. The number of carbonyl (C=O) groups excluding carboxylic acids is 2. The average Bonchev–Trinajstić information content (AvgIpc) is 2.81. The minimum Gasteiger partial charge on any atom is -0.463 e. The summed E-state index contributed by atoms with van der Waals surface area (Å²) in [6.07, 6.45) is -1.19. The molecule has 0 radical (unpaired) electrons. The van der Waals surface area contributed by atoms with Crippen LogP contribution in [0.25, 0.3) is 0 Å². The van der Waals surface area contributed by atoms with E-state index in [1.807, 2.05) is 6.92 Å². The van der Waals surface area contributed by atoms with Crippen LogP contribution in [0.4, 0.5) is 0 Å². The smallest absolute Gasteiger partial charge is 0.315 e. The van der Waals surface area contributed by atoms with Crippen molar-refractivity contribution in [3.8, 4) is 0 Å². The Balaban J connectivity index is 2.15. The van der Waals surface area contributed by atoms with Gasteiger partial charge in [-0.2, -0.15) is 13.5 Å². The summed E-state index contributed by atoms with van der Waals surface area (Å²) in [5, 5.41) is 15.7. The second-order valence-electron chi connectivity index (χ2n) is 10.4. The number of ether oxygens (including phenoxy) is 2. The van der Waals surface area contributed by atoms with Crippen LogP contribution in [0.5, 0.6) is 0 Å². The topological polar surface area (TPSA) is 131 Å². The number of aliphatic hydroxyl groups is 1. The predicted octanol–water partition coefficient (Wildman–Crippen LogP) is 3.70. The molecule has 38 heavy (non-hydrogen) atoms. The molecule has 2 aromatic rings. The lowest BCUT2D eigenvalue weighted by Crippen LogP contribution is -2.56. The zero-order valence-electron chi connectivity index (χ0n) is 22.5. The fourth-order valence-corrected chi connectivity index (χ4v) is 5.56. The number of hydrogen-bond donors (Lipinski definition) is 2. The van der Waals surface area contributed by atoms with Crippen molar-refractivity contribution < 1.29 is 32.6 Å². The normalized spacial score (nSPS) is 24.9. The van der Waals surface area contributed by atoms with Crippen molar-refractivity contribution in [3.05, 3.63) is 65.7 Å². The van der Waals surface area contributed by atoms with Gasteiger partial charge in [0.15, 0.2) is 0 Å². The van der Waals surface area contributed by atoms with Gasteiger partial charge in [0.1, 0.15) is 5.92 Å². The molecule has 0 aromatic heterocycles. The number of hydrogen-bond acceptors (Lipinski definition) is 8. The predicted molar refractivity (Wildman–Crippen MR) is 143 cm³/mol. The van der Waals surface area contributed by atoms with Crippen molar-refractivity contribution >= 4 is 27.7 Å². The number of nitrogens with zero attached hydrogens (tertiary/aromatic N) is 1. The third-order valence-corrected chi connectivity index (χ3v) is 7.55. The molecule has 0 heterocycles. The highest BCUT2D eigenvalue weighted by Gasteiger charge is 2.56. The van der Waals surface area contributed by atoms with Gasteiger partial charge >= 0.3 is 11.9 Å². The highest BCUT2D eigenvalue weighted by molar-refractivity contribution is 7.89. The number of aryl methyl sites for hydroxylation is 1. The molecule has 2 aromatic carbocycles. The van der Waals surface area contributed by atoms with Crippen LogP contribution < -0.4 is 4.83 Å². The van der Waals surface area contributed by atoms with Gasteiger partial charge in [0, 0.05) is 12.3 Å². The lowest BCUT2D eigenvalue weighted by molar-refractivity contribution is -0.167. The monoisotopic (exact) mass is 544 g/mol. The number of hydrazone groups is 1. The first-order valence-corrected chi connectivity index (χ1v) is 14.0. The van der Waals surface area contributed by atoms with E-state index in [0.29, 0.717) is 5.56 Å². The molecule has 9 nitrogen and oxygen atoms in total. The molecule has 0 aliphatic heterocycles. The minimum atomic E-state index is -4.08. The van der Waals surface area contributed by atoms with E-state index in [0.717, 1.165) is 5.56 Å². The number of benzene rings is 2. The second kappa shape index (κ2) is 11.7. The molecule has 206 valence electrons. The number of carbonyl (C=O) groups is 2. The Morgan fingerprint density at radius 2 is 1.53 bits per heavy atom. The van der Waals surface area contributed by atoms with Crippen LogP contribution in [0.1, 0.15) is 58.1 Å². The molecule has 1 saturated carbocycles. The first kappa shape index (κ1) is 29.3. The van der Waals surface area contributed by atoms with Crippen LogP contribution in [-0.2, 0) is 29.1 Å². The van der Waals surface area contributed by atoms with E-state index in [4.69, 9.17) is 9.47 Å². The van der Waals surface area contributed by atoms with Crippen molar-refractivity contribution in [1.82, 2.24) is 4.83 Å². The summed E-state index contributed by atoms with van der Waals surface area (Å²) in [6, 6.07) is 15.0. The number of esters is 2. The van der Waals surface area contributed by atoms with Gasteiger partial charge in [0.2, 0.25) is 0 Å². The number of sulfonamides is 1. The van der Waals surface area contributed by atoms with E-state index in [1.165, 1.54) is 19.1 Å². The quantitative estimate of drug-likeness (QED) is 0.383. The Kier molecular flexibility index (Phi) is 8.99. The maximum Gasteiger partial charge on any atom is 0.315 e. The Hall–Kier alpha value is -3.24. The first-order chi connectivity index (χ1) is 17.7. The highest BCUT2D eigenvalue weighted by atomic mass is 32.2. The van der Waals surface area contributed by atoms with E-state index in [1.54, 1.807) is 70.2 Å². The molecule has 4 atom stereocenters. The lowest BCUT2D eigenvalue weighted by atomic mass is 9.61. The van der Waals surface area contributed by atoms with Crippen LogP contribution in [0.2, 0.25) is 0 Å². The molecule has 0 bridgehead atoms. The van der Waals surface area contributed by atoms with Gasteiger partial charge in [-0.15, -0.1) is 0 Å². The van der Waals surface area contributed by atoms with Crippen molar-refractivity contribution in [2.24, 2.45) is 16.9 Å². The molecule has 1 fully saturated rings. The molecular formula is C28H36N2O7S. The summed E-state index contributed by atoms with van der Waals surface area (Å²) in [7, 11) is -4.08. The highest BCUT2D eigenvalue weighted by Crippen LogP contribution is 2.47. The number of rotatable bonds is 8. The Morgan fingerprint density at radius 3 is 2.08 bits per heavy atom. The van der Waals surface area contributed by atoms with Crippen LogP contribution in [-0.4, -0.2) is 49.0 Å². The number of nitrogens with one attached hydrogen (secondary N) is 1. The summed E-state index contributed by atoms with van der Waals surface area (Å²) in [4.78, 5) is 29.1. The van der Waals surface area contributed by atoms with E-state index >= 15 is 0 Å². The second-order valence-corrected chi connectivity index (χ2v) is 12.1. The van der Waals surface area contributed by atoms with Crippen molar-refractivity contribution in [2.45, 2.75) is 76.6 Å². The van der Waals surface area contributed by atoms with Crippen molar-refractivity contribution in [1.29, 1.82) is 0 Å². The van der Waals surface area contributed by atoms with E-state index < -0.39 is 57.5 Å². The summed E-state index contributed by atoms with van der Waals surface area (Å²) >= 11 is 0. The molecule has 0 unspecified atom stereocenters. The summed E-state index contributed by atoms with van der Waals surface area (Å²) in [5.74, 6) is -4.59. The fraction of sp³-hybridized carbons (Fsp3) is 0.464. The van der Waals surface area contributed by atoms with Gasteiger partial charge in [-0.3, -0.25) is 9.59 Å². The molecule has 0 amide bonds. The van der Waals surface area contributed by atoms with Crippen LogP contribution in [0.3, 0.4) is 0 Å². The summed E-state index contributed by atoms with van der Waals surface area (Å²) < 4.78 is 37.0. The van der Waals surface area contributed by atoms with Crippen LogP contribution >= 0.6 is 0 Å². The van der Waals surface area contributed by atoms with Crippen LogP contribution in [0, 0.1) is 18.8 Å². The molecule has 1 aliphatic rings. The first-order valence-electron chi connectivity index (χ1n) is 12.6. The van der Waals surface area contributed by atoms with Gasteiger partial charge in [-0.1, -0.05) is 48.0 Å². The third kappa shape index (κ3) is 6.79. The van der Waals surface area contributed by atoms with Crippen LogP contribution in [0.15, 0.2) is 64.6 Å². The largest absolute Gasteiger partial charge is 0.463 e. The van der Waals surface area contributed by atoms with E-state index in [9.17, 15) is 23.1 Å². The van der Waals surface area contributed by atoms with Crippen molar-refractivity contribution in [2.75, 3.05) is 0 Å². The minimum absolute atomic E-state index is 0.00526. The molecule has 10 heteroatoms. The Bertz CT molecular complexity index is 1270. The SMILES string of the molecule is Cc1ccc(S(=O)(=O)N/N=C2/C[C@](C)(O)[C@H](C(=O)OC(C)C)[C@@H](c3ccccc3)[C@H]2C(=O)OC(C)C)cc1.